The maximum atomic E-state index is 12.0. The smallest absolute Gasteiger partial charge is 0.250 e. The van der Waals surface area contributed by atoms with Crippen LogP contribution in [0, 0.1) is 5.92 Å². The highest BCUT2D eigenvalue weighted by Gasteiger charge is 2.14. The van der Waals surface area contributed by atoms with Gasteiger partial charge in [0, 0.05) is 33.3 Å². The minimum absolute atomic E-state index is 0.216. The third-order valence-corrected chi connectivity index (χ3v) is 6.40. The van der Waals surface area contributed by atoms with Gasteiger partial charge in [-0.1, -0.05) is 19.9 Å². The van der Waals surface area contributed by atoms with Crippen LogP contribution in [0.3, 0.4) is 0 Å². The largest absolute Gasteiger partial charge is 0.378 e. The van der Waals surface area contributed by atoms with Gasteiger partial charge >= 0.3 is 0 Å². The molecule has 1 aromatic rings. The van der Waals surface area contributed by atoms with Crippen LogP contribution in [0.1, 0.15) is 27.2 Å². The predicted octanol–water partition coefficient (Wildman–Crippen LogP) is 1.64. The van der Waals surface area contributed by atoms with E-state index in [2.05, 4.69) is 34.2 Å². The zero-order valence-corrected chi connectivity index (χ0v) is 17.0. The van der Waals surface area contributed by atoms with Crippen LogP contribution in [-0.4, -0.2) is 53.8 Å². The molecule has 1 unspecified atom stereocenters. The van der Waals surface area contributed by atoms with E-state index in [1.165, 1.54) is 11.3 Å². The van der Waals surface area contributed by atoms with Crippen molar-refractivity contribution in [1.82, 2.24) is 15.4 Å². The van der Waals surface area contributed by atoms with Gasteiger partial charge in [-0.25, -0.2) is 13.1 Å². The van der Waals surface area contributed by atoms with Crippen LogP contribution in [0.2, 0.25) is 0 Å². The SMILES string of the molecule is CCOC(CCNC(=NC)NCCNS(=O)(=O)c1cccs1)C(C)C. The number of guanidine groups is 1. The molecule has 0 saturated heterocycles. The molecule has 0 spiro atoms. The first-order chi connectivity index (χ1) is 11.9. The number of sulfonamides is 1. The number of nitrogens with zero attached hydrogens (tertiary/aromatic N) is 1. The number of hydrogen-bond acceptors (Lipinski definition) is 5. The summed E-state index contributed by atoms with van der Waals surface area (Å²) >= 11 is 1.20. The van der Waals surface area contributed by atoms with Crippen LogP contribution >= 0.6 is 11.3 Å². The zero-order valence-electron chi connectivity index (χ0n) is 15.4. The van der Waals surface area contributed by atoms with Gasteiger partial charge in [0.1, 0.15) is 4.21 Å². The Kier molecular flexibility index (Phi) is 10.0. The number of thiophene rings is 1. The topological polar surface area (TPSA) is 91.8 Å². The fourth-order valence-electron chi connectivity index (χ4n) is 2.23. The molecular weight excluding hydrogens is 360 g/mol. The molecule has 0 saturated carbocycles. The second-order valence-electron chi connectivity index (χ2n) is 5.78. The molecule has 0 aliphatic carbocycles. The second-order valence-corrected chi connectivity index (χ2v) is 8.72. The molecule has 0 aliphatic rings. The minimum atomic E-state index is -3.41. The van der Waals surface area contributed by atoms with Gasteiger partial charge in [0.05, 0.1) is 6.10 Å². The molecule has 1 heterocycles. The standard InChI is InChI=1S/C16H30N4O3S2/c1-5-23-14(13(2)3)8-9-18-16(17-4)19-10-11-20-25(21,22)15-7-6-12-24-15/h6-7,12-14,20H,5,8-11H2,1-4H3,(H2,17,18,19). The summed E-state index contributed by atoms with van der Waals surface area (Å²) < 4.78 is 32.6. The number of aliphatic imine (C=N–C) groups is 1. The molecule has 1 rings (SSSR count). The first kappa shape index (κ1) is 21.9. The van der Waals surface area contributed by atoms with E-state index in [0.717, 1.165) is 13.0 Å². The van der Waals surface area contributed by atoms with Gasteiger partial charge in [-0.2, -0.15) is 0 Å². The fraction of sp³-hybridized carbons (Fsp3) is 0.688. The molecule has 144 valence electrons. The average molecular weight is 391 g/mol. The van der Waals surface area contributed by atoms with Crippen LogP contribution in [0.15, 0.2) is 26.7 Å². The highest BCUT2D eigenvalue weighted by atomic mass is 32.2. The molecule has 1 atom stereocenters. The Morgan fingerprint density at radius 3 is 2.56 bits per heavy atom. The molecule has 9 heteroatoms. The van der Waals surface area contributed by atoms with Gasteiger partial charge in [0.15, 0.2) is 5.96 Å². The Hall–Kier alpha value is -1.16. The van der Waals surface area contributed by atoms with E-state index in [-0.39, 0.29) is 12.6 Å². The predicted molar refractivity (Wildman–Crippen MR) is 104 cm³/mol. The third-order valence-electron chi connectivity index (χ3n) is 3.54. The summed E-state index contributed by atoms with van der Waals surface area (Å²) in [5.74, 6) is 1.11. The summed E-state index contributed by atoms with van der Waals surface area (Å²) in [6.45, 7) is 8.47. The molecule has 0 bridgehead atoms. The van der Waals surface area contributed by atoms with Crippen molar-refractivity contribution in [2.45, 2.75) is 37.5 Å². The Morgan fingerprint density at radius 1 is 1.28 bits per heavy atom. The first-order valence-electron chi connectivity index (χ1n) is 8.50. The van der Waals surface area contributed by atoms with Crippen LogP contribution in [0.4, 0.5) is 0 Å². The van der Waals surface area contributed by atoms with E-state index in [1.54, 1.807) is 24.6 Å². The monoisotopic (exact) mass is 390 g/mol. The molecular formula is C16H30N4O3S2. The van der Waals surface area contributed by atoms with Crippen LogP contribution in [0.25, 0.3) is 0 Å². The Morgan fingerprint density at radius 2 is 2.00 bits per heavy atom. The van der Waals surface area contributed by atoms with E-state index in [0.29, 0.717) is 29.2 Å². The van der Waals surface area contributed by atoms with Crippen molar-refractivity contribution in [2.24, 2.45) is 10.9 Å². The lowest BCUT2D eigenvalue weighted by Gasteiger charge is -2.21. The summed E-state index contributed by atoms with van der Waals surface area (Å²) in [7, 11) is -1.73. The minimum Gasteiger partial charge on any atom is -0.378 e. The number of rotatable bonds is 11. The number of hydrogen-bond donors (Lipinski definition) is 3. The lowest BCUT2D eigenvalue weighted by Crippen LogP contribution is -2.42. The molecule has 25 heavy (non-hydrogen) atoms. The Balaban J connectivity index is 2.28. The van der Waals surface area contributed by atoms with Gasteiger partial charge in [-0.3, -0.25) is 4.99 Å². The summed E-state index contributed by atoms with van der Waals surface area (Å²) in [5, 5.41) is 8.06. The van der Waals surface area contributed by atoms with Crippen LogP contribution < -0.4 is 15.4 Å². The van der Waals surface area contributed by atoms with Crippen molar-refractivity contribution >= 4 is 27.3 Å². The lowest BCUT2D eigenvalue weighted by atomic mass is 10.0. The van der Waals surface area contributed by atoms with Gasteiger partial charge in [0.2, 0.25) is 10.0 Å². The van der Waals surface area contributed by atoms with Crippen molar-refractivity contribution in [1.29, 1.82) is 0 Å². The second kappa shape index (κ2) is 11.5. The summed E-state index contributed by atoms with van der Waals surface area (Å²) in [4.78, 5) is 4.14. The molecule has 7 nitrogen and oxygen atoms in total. The third kappa shape index (κ3) is 8.17. The Bertz CT molecular complexity index is 601. The molecule has 1 aromatic heterocycles. The average Bonchev–Trinajstić information content (AvgIpc) is 3.11. The van der Waals surface area contributed by atoms with Gasteiger partial charge < -0.3 is 15.4 Å². The first-order valence-corrected chi connectivity index (χ1v) is 10.9. The van der Waals surface area contributed by atoms with E-state index in [9.17, 15) is 8.42 Å². The molecule has 0 aliphatic heterocycles. The molecule has 0 radical (unpaired) electrons. The lowest BCUT2D eigenvalue weighted by molar-refractivity contribution is 0.0258. The van der Waals surface area contributed by atoms with E-state index < -0.39 is 10.0 Å². The highest BCUT2D eigenvalue weighted by molar-refractivity contribution is 7.91. The quantitative estimate of drug-likeness (QED) is 0.303. The van der Waals surface area contributed by atoms with Gasteiger partial charge in [-0.05, 0) is 30.7 Å². The Labute approximate surface area is 155 Å². The van der Waals surface area contributed by atoms with Crippen molar-refractivity contribution in [2.75, 3.05) is 33.3 Å². The fourth-order valence-corrected chi connectivity index (χ4v) is 4.30. The summed E-state index contributed by atoms with van der Waals surface area (Å²) in [5.41, 5.74) is 0. The summed E-state index contributed by atoms with van der Waals surface area (Å²) in [6.07, 6.45) is 1.10. The number of nitrogens with one attached hydrogen (secondary N) is 3. The van der Waals surface area contributed by atoms with Crippen LogP contribution in [-0.2, 0) is 14.8 Å². The number of ether oxygens (including phenoxy) is 1. The van der Waals surface area contributed by atoms with E-state index >= 15 is 0 Å². The molecule has 0 amide bonds. The maximum Gasteiger partial charge on any atom is 0.250 e. The molecule has 3 N–H and O–H groups in total. The van der Waals surface area contributed by atoms with Crippen molar-refractivity contribution in [3.63, 3.8) is 0 Å². The molecule has 0 fully saturated rings. The van der Waals surface area contributed by atoms with Crippen LogP contribution in [0.5, 0.6) is 0 Å². The van der Waals surface area contributed by atoms with E-state index in [4.69, 9.17) is 4.74 Å². The zero-order chi connectivity index (χ0) is 18.7. The van der Waals surface area contributed by atoms with Crippen molar-refractivity contribution < 1.29 is 13.2 Å². The maximum absolute atomic E-state index is 12.0. The van der Waals surface area contributed by atoms with Gasteiger partial charge in [0.25, 0.3) is 0 Å². The van der Waals surface area contributed by atoms with E-state index in [1.807, 2.05) is 6.92 Å². The van der Waals surface area contributed by atoms with Crippen molar-refractivity contribution in [3.8, 4) is 0 Å². The van der Waals surface area contributed by atoms with Crippen molar-refractivity contribution in [3.05, 3.63) is 17.5 Å². The van der Waals surface area contributed by atoms with Gasteiger partial charge in [-0.15, -0.1) is 11.3 Å². The summed E-state index contributed by atoms with van der Waals surface area (Å²) in [6, 6.07) is 3.31. The normalized spacial score (nSPS) is 13.9. The highest BCUT2D eigenvalue weighted by Crippen LogP contribution is 2.14. The molecule has 0 aromatic carbocycles.